The normalized spacial score (nSPS) is 12.4. The van der Waals surface area contributed by atoms with Gasteiger partial charge in [0.25, 0.3) is 5.91 Å². The number of nitrogens with one attached hydrogen (secondary N) is 1. The van der Waals surface area contributed by atoms with Crippen LogP contribution in [0.15, 0.2) is 24.4 Å². The molecule has 0 aliphatic heterocycles. The molecule has 0 aliphatic rings. The molecule has 9 heteroatoms. The third-order valence-electron chi connectivity index (χ3n) is 3.66. The second-order valence-electron chi connectivity index (χ2n) is 5.20. The van der Waals surface area contributed by atoms with Gasteiger partial charge in [0, 0.05) is 6.20 Å². The Morgan fingerprint density at radius 2 is 2.25 bits per heavy atom. The van der Waals surface area contributed by atoms with E-state index in [0.29, 0.717) is 11.3 Å². The van der Waals surface area contributed by atoms with Crippen molar-refractivity contribution in [1.82, 2.24) is 29.5 Å². The van der Waals surface area contributed by atoms with Crippen LogP contribution in [-0.2, 0) is 6.42 Å². The summed E-state index contributed by atoms with van der Waals surface area (Å²) in [6.07, 6.45) is 5.41. The first-order chi connectivity index (χ1) is 11.7. The number of rotatable bonds is 7. The van der Waals surface area contributed by atoms with Gasteiger partial charge in [0.05, 0.1) is 11.7 Å². The summed E-state index contributed by atoms with van der Waals surface area (Å²) in [5.41, 5.74) is 1.50. The SMILES string of the molecule is CCc1nnsc1C(=O)NC(CCSC)c1nnc2ccccn12. The Balaban J connectivity index is 1.88. The van der Waals surface area contributed by atoms with Crippen molar-refractivity contribution >= 4 is 34.8 Å². The van der Waals surface area contributed by atoms with Crippen LogP contribution >= 0.6 is 23.3 Å². The number of carbonyl (C=O) groups excluding carboxylic acids is 1. The highest BCUT2D eigenvalue weighted by Crippen LogP contribution is 2.20. The van der Waals surface area contributed by atoms with Gasteiger partial charge in [-0.2, -0.15) is 11.8 Å². The van der Waals surface area contributed by atoms with E-state index < -0.39 is 0 Å². The number of thioether (sulfide) groups is 1. The average Bonchev–Trinajstić information content (AvgIpc) is 3.25. The maximum Gasteiger partial charge on any atom is 0.265 e. The minimum Gasteiger partial charge on any atom is -0.341 e. The van der Waals surface area contributed by atoms with Gasteiger partial charge >= 0.3 is 0 Å². The lowest BCUT2D eigenvalue weighted by atomic mass is 10.2. The largest absolute Gasteiger partial charge is 0.341 e. The lowest BCUT2D eigenvalue weighted by Crippen LogP contribution is -2.30. The number of pyridine rings is 1. The van der Waals surface area contributed by atoms with Gasteiger partial charge in [-0.05, 0) is 48.5 Å². The maximum atomic E-state index is 12.6. The molecule has 0 aliphatic carbocycles. The Morgan fingerprint density at radius 3 is 3.04 bits per heavy atom. The molecule has 0 saturated carbocycles. The van der Waals surface area contributed by atoms with Gasteiger partial charge in [-0.3, -0.25) is 9.20 Å². The van der Waals surface area contributed by atoms with Crippen molar-refractivity contribution in [2.75, 3.05) is 12.0 Å². The summed E-state index contributed by atoms with van der Waals surface area (Å²) in [5, 5.41) is 15.6. The molecule has 7 nitrogen and oxygen atoms in total. The number of aryl methyl sites for hydroxylation is 1. The maximum absolute atomic E-state index is 12.6. The first kappa shape index (κ1) is 16.8. The van der Waals surface area contributed by atoms with Gasteiger partial charge in [-0.25, -0.2) is 0 Å². The number of nitrogens with zero attached hydrogens (tertiary/aromatic N) is 5. The highest BCUT2D eigenvalue weighted by atomic mass is 32.2. The van der Waals surface area contributed by atoms with E-state index in [2.05, 4.69) is 25.1 Å². The van der Waals surface area contributed by atoms with Gasteiger partial charge in [0.1, 0.15) is 4.88 Å². The molecule has 0 saturated heterocycles. The van der Waals surface area contributed by atoms with E-state index in [4.69, 9.17) is 0 Å². The molecule has 0 radical (unpaired) electrons. The topological polar surface area (TPSA) is 85.1 Å². The van der Waals surface area contributed by atoms with Crippen LogP contribution in [0.4, 0.5) is 0 Å². The van der Waals surface area contributed by atoms with Gasteiger partial charge in [-0.15, -0.1) is 15.3 Å². The molecule has 3 aromatic rings. The average molecular weight is 362 g/mol. The minimum atomic E-state index is -0.214. The van der Waals surface area contributed by atoms with E-state index in [9.17, 15) is 4.79 Å². The fraction of sp³-hybridized carbons (Fsp3) is 0.400. The van der Waals surface area contributed by atoms with Crippen molar-refractivity contribution in [2.45, 2.75) is 25.8 Å². The predicted octanol–water partition coefficient (Wildman–Crippen LogP) is 2.37. The Kier molecular flexibility index (Phi) is 5.41. The molecule has 0 bridgehead atoms. The van der Waals surface area contributed by atoms with Crippen LogP contribution in [0, 0.1) is 0 Å². The van der Waals surface area contributed by atoms with E-state index >= 15 is 0 Å². The van der Waals surface area contributed by atoms with Gasteiger partial charge in [0.2, 0.25) is 0 Å². The van der Waals surface area contributed by atoms with E-state index in [1.807, 2.05) is 42.0 Å². The van der Waals surface area contributed by atoms with Crippen LogP contribution in [0.25, 0.3) is 5.65 Å². The summed E-state index contributed by atoms with van der Waals surface area (Å²) < 4.78 is 5.80. The zero-order chi connectivity index (χ0) is 16.9. The zero-order valence-corrected chi connectivity index (χ0v) is 15.1. The van der Waals surface area contributed by atoms with Crippen molar-refractivity contribution in [2.24, 2.45) is 0 Å². The molecule has 0 spiro atoms. The first-order valence-corrected chi connectivity index (χ1v) is 9.82. The van der Waals surface area contributed by atoms with Crippen LogP contribution in [0.3, 0.4) is 0 Å². The highest BCUT2D eigenvalue weighted by Gasteiger charge is 2.23. The monoisotopic (exact) mass is 362 g/mol. The van der Waals surface area contributed by atoms with Crippen LogP contribution in [0.5, 0.6) is 0 Å². The minimum absolute atomic E-state index is 0.152. The summed E-state index contributed by atoms with van der Waals surface area (Å²) in [5.74, 6) is 1.50. The Morgan fingerprint density at radius 1 is 1.38 bits per heavy atom. The molecule has 3 aromatic heterocycles. The van der Waals surface area contributed by atoms with Crippen LogP contribution in [-0.4, -0.2) is 42.1 Å². The van der Waals surface area contributed by atoms with Gasteiger partial charge < -0.3 is 5.32 Å². The standard InChI is InChI=1S/C15H18N6OS2/c1-3-10-13(24-20-17-10)15(22)16-11(7-9-23-2)14-19-18-12-6-4-5-8-21(12)14/h4-6,8,11H,3,7,9H2,1-2H3,(H,16,22). The molecular weight excluding hydrogens is 344 g/mol. The molecule has 1 unspecified atom stereocenters. The van der Waals surface area contributed by atoms with E-state index in [1.54, 1.807) is 11.8 Å². The summed E-state index contributed by atoms with van der Waals surface area (Å²) in [6.45, 7) is 1.96. The molecule has 3 heterocycles. The molecule has 3 rings (SSSR count). The molecule has 1 N–H and O–H groups in total. The summed E-state index contributed by atoms with van der Waals surface area (Å²) in [7, 11) is 0. The third-order valence-corrected chi connectivity index (χ3v) is 5.08. The molecule has 1 amide bonds. The fourth-order valence-electron chi connectivity index (χ4n) is 2.44. The Labute approximate surface area is 148 Å². The van der Waals surface area contributed by atoms with Crippen molar-refractivity contribution in [3.63, 3.8) is 0 Å². The molecule has 24 heavy (non-hydrogen) atoms. The van der Waals surface area contributed by atoms with Crippen LogP contribution in [0.1, 0.15) is 40.6 Å². The Bertz CT molecular complexity index is 830. The Hall–Kier alpha value is -2.00. The predicted molar refractivity (Wildman–Crippen MR) is 95.5 cm³/mol. The summed E-state index contributed by atoms with van der Waals surface area (Å²) >= 11 is 2.86. The fourth-order valence-corrected chi connectivity index (χ4v) is 3.56. The van der Waals surface area contributed by atoms with Gasteiger partial charge in [-0.1, -0.05) is 17.5 Å². The molecule has 0 fully saturated rings. The van der Waals surface area contributed by atoms with Crippen molar-refractivity contribution < 1.29 is 4.79 Å². The summed E-state index contributed by atoms with van der Waals surface area (Å²) in [6, 6.07) is 5.52. The van der Waals surface area contributed by atoms with Gasteiger partial charge in [0.15, 0.2) is 11.5 Å². The second-order valence-corrected chi connectivity index (χ2v) is 6.94. The van der Waals surface area contributed by atoms with Crippen LogP contribution < -0.4 is 5.32 Å². The highest BCUT2D eigenvalue weighted by molar-refractivity contribution is 7.98. The lowest BCUT2D eigenvalue weighted by molar-refractivity contribution is 0.0937. The third kappa shape index (κ3) is 3.41. The lowest BCUT2D eigenvalue weighted by Gasteiger charge is -2.16. The number of hydrogen-bond acceptors (Lipinski definition) is 7. The number of amides is 1. The van der Waals surface area contributed by atoms with Crippen LogP contribution in [0.2, 0.25) is 0 Å². The van der Waals surface area contributed by atoms with Crippen molar-refractivity contribution in [3.8, 4) is 0 Å². The molecule has 1 atom stereocenters. The van der Waals surface area contributed by atoms with E-state index in [-0.39, 0.29) is 11.9 Å². The summed E-state index contributed by atoms with van der Waals surface area (Å²) in [4.78, 5) is 13.2. The van der Waals surface area contributed by atoms with Crippen molar-refractivity contribution in [3.05, 3.63) is 40.8 Å². The number of hydrogen-bond donors (Lipinski definition) is 1. The quantitative estimate of drug-likeness (QED) is 0.694. The number of aromatic nitrogens is 5. The number of carbonyl (C=O) groups is 1. The number of fused-ring (bicyclic) bond motifs is 1. The molecule has 0 aromatic carbocycles. The first-order valence-electron chi connectivity index (χ1n) is 7.65. The van der Waals surface area contributed by atoms with Crippen molar-refractivity contribution in [1.29, 1.82) is 0 Å². The van der Waals surface area contributed by atoms with E-state index in [0.717, 1.165) is 40.9 Å². The molecular formula is C15H18N6OS2. The molecule has 126 valence electrons. The zero-order valence-electron chi connectivity index (χ0n) is 13.5. The smallest absolute Gasteiger partial charge is 0.265 e. The second kappa shape index (κ2) is 7.71. The van der Waals surface area contributed by atoms with E-state index in [1.165, 1.54) is 0 Å².